The number of aromatic nitrogens is 3. The maximum Gasteiger partial charge on any atom is 0.273 e. The fourth-order valence-corrected chi connectivity index (χ4v) is 3.71. The van der Waals surface area contributed by atoms with Crippen molar-refractivity contribution >= 4 is 28.4 Å². The van der Waals surface area contributed by atoms with Crippen LogP contribution in [0.25, 0.3) is 16.6 Å². The monoisotopic (exact) mass is 439 g/mol. The summed E-state index contributed by atoms with van der Waals surface area (Å²) in [5.74, 6) is -0.506. The molecular formula is C25H21N5O3. The minimum Gasteiger partial charge on any atom is -0.486 e. The Morgan fingerprint density at radius 1 is 0.970 bits per heavy atom. The third-order valence-corrected chi connectivity index (χ3v) is 5.36. The van der Waals surface area contributed by atoms with Crippen LogP contribution < -0.4 is 15.6 Å². The lowest BCUT2D eigenvalue weighted by atomic mass is 10.1. The van der Waals surface area contributed by atoms with Crippen molar-refractivity contribution in [1.82, 2.24) is 25.2 Å². The summed E-state index contributed by atoms with van der Waals surface area (Å²) in [6.07, 6.45) is 5.43. The minimum atomic E-state index is -0.482. The van der Waals surface area contributed by atoms with Gasteiger partial charge in [0.2, 0.25) is 0 Å². The van der Waals surface area contributed by atoms with Crippen molar-refractivity contribution in [1.29, 1.82) is 0 Å². The number of carbonyl (C=O) groups is 2. The molecule has 2 amide bonds. The lowest BCUT2D eigenvalue weighted by molar-refractivity contribution is 0.0845. The van der Waals surface area contributed by atoms with E-state index in [-0.39, 0.29) is 6.61 Å². The highest BCUT2D eigenvalue weighted by Gasteiger charge is 2.16. The lowest BCUT2D eigenvalue weighted by Gasteiger charge is -2.11. The number of nitrogens with zero attached hydrogens (tertiary/aromatic N) is 2. The molecule has 0 spiro atoms. The summed E-state index contributed by atoms with van der Waals surface area (Å²) in [5.41, 5.74) is 9.20. The summed E-state index contributed by atoms with van der Waals surface area (Å²) in [7, 11) is 0. The molecule has 0 atom stereocenters. The number of aryl methyl sites for hydroxylation is 1. The Morgan fingerprint density at radius 2 is 1.73 bits per heavy atom. The predicted molar refractivity (Wildman–Crippen MR) is 124 cm³/mol. The zero-order valence-electron chi connectivity index (χ0n) is 17.8. The number of benzene rings is 2. The van der Waals surface area contributed by atoms with Gasteiger partial charge in [-0.25, -0.2) is 4.98 Å². The zero-order chi connectivity index (χ0) is 22.8. The molecule has 3 heterocycles. The number of hydrogen-bond donors (Lipinski definition) is 3. The second-order valence-corrected chi connectivity index (χ2v) is 7.60. The molecule has 0 saturated carbocycles. The molecule has 5 rings (SSSR count). The van der Waals surface area contributed by atoms with Crippen LogP contribution in [0.1, 0.15) is 32.0 Å². The summed E-state index contributed by atoms with van der Waals surface area (Å²) in [6.45, 7) is 2.20. The molecule has 8 heteroatoms. The maximum atomic E-state index is 12.8. The summed E-state index contributed by atoms with van der Waals surface area (Å²) in [6, 6.07) is 18.3. The first-order valence-electron chi connectivity index (χ1n) is 10.4. The Balaban J connectivity index is 1.27. The van der Waals surface area contributed by atoms with E-state index in [2.05, 4.69) is 20.8 Å². The van der Waals surface area contributed by atoms with Crippen LogP contribution in [0, 0.1) is 6.92 Å². The molecule has 3 N–H and O–H groups in total. The van der Waals surface area contributed by atoms with Gasteiger partial charge in [0.15, 0.2) is 0 Å². The zero-order valence-corrected chi connectivity index (χ0v) is 17.8. The fourth-order valence-electron chi connectivity index (χ4n) is 3.71. The Kier molecular flexibility index (Phi) is 5.24. The molecule has 0 aliphatic heterocycles. The van der Waals surface area contributed by atoms with E-state index in [1.165, 1.54) is 0 Å². The van der Waals surface area contributed by atoms with E-state index in [9.17, 15) is 9.59 Å². The van der Waals surface area contributed by atoms with Gasteiger partial charge in [-0.3, -0.25) is 20.4 Å². The average Bonchev–Trinajstić information content (AvgIpc) is 3.46. The number of H-pyrrole nitrogens is 1. The van der Waals surface area contributed by atoms with E-state index < -0.39 is 11.8 Å². The number of para-hydroxylation sites is 2. The van der Waals surface area contributed by atoms with E-state index in [0.29, 0.717) is 16.9 Å². The first kappa shape index (κ1) is 20.3. The molecule has 5 aromatic rings. The van der Waals surface area contributed by atoms with Gasteiger partial charge < -0.3 is 14.1 Å². The normalized spacial score (nSPS) is 10.9. The molecule has 0 fully saturated rings. The quantitative estimate of drug-likeness (QED) is 0.363. The van der Waals surface area contributed by atoms with Crippen LogP contribution in [0.4, 0.5) is 0 Å². The Labute approximate surface area is 189 Å². The van der Waals surface area contributed by atoms with E-state index in [1.807, 2.05) is 60.1 Å². The van der Waals surface area contributed by atoms with Crippen molar-refractivity contribution in [3.05, 3.63) is 102 Å². The number of hydrazine groups is 1. The number of pyridine rings is 1. The predicted octanol–water partition coefficient (Wildman–Crippen LogP) is 3.78. The summed E-state index contributed by atoms with van der Waals surface area (Å²) in [5, 5.41) is 0.774. The van der Waals surface area contributed by atoms with Gasteiger partial charge in [0.25, 0.3) is 11.8 Å². The number of ether oxygens (including phenoxy) is 1. The van der Waals surface area contributed by atoms with Gasteiger partial charge in [-0.1, -0.05) is 36.4 Å². The highest BCUT2D eigenvalue weighted by Crippen LogP contribution is 2.20. The fraction of sp³-hybridized carbons (Fsp3) is 0.0800. The molecule has 0 unspecified atom stereocenters. The smallest absolute Gasteiger partial charge is 0.273 e. The van der Waals surface area contributed by atoms with Gasteiger partial charge in [0.05, 0.1) is 16.8 Å². The average molecular weight is 439 g/mol. The van der Waals surface area contributed by atoms with Crippen molar-refractivity contribution in [2.75, 3.05) is 0 Å². The van der Waals surface area contributed by atoms with Gasteiger partial charge in [-0.2, -0.15) is 0 Å². The van der Waals surface area contributed by atoms with E-state index in [1.54, 1.807) is 30.5 Å². The number of rotatable bonds is 5. The number of aromatic amines is 1. The largest absolute Gasteiger partial charge is 0.486 e. The number of hydrogen-bond acceptors (Lipinski definition) is 4. The third-order valence-electron chi connectivity index (χ3n) is 5.36. The first-order chi connectivity index (χ1) is 16.1. The first-order valence-corrected chi connectivity index (χ1v) is 10.4. The Hall–Kier alpha value is -4.59. The molecule has 3 aromatic heterocycles. The van der Waals surface area contributed by atoms with Gasteiger partial charge >= 0.3 is 0 Å². The van der Waals surface area contributed by atoms with Crippen molar-refractivity contribution in [2.45, 2.75) is 13.5 Å². The van der Waals surface area contributed by atoms with Gasteiger partial charge in [0, 0.05) is 29.5 Å². The van der Waals surface area contributed by atoms with Crippen LogP contribution in [-0.2, 0) is 6.61 Å². The van der Waals surface area contributed by atoms with Crippen LogP contribution in [-0.4, -0.2) is 26.2 Å². The van der Waals surface area contributed by atoms with Crippen LogP contribution >= 0.6 is 0 Å². The van der Waals surface area contributed by atoms with Crippen LogP contribution in [0.15, 0.2) is 79.3 Å². The van der Waals surface area contributed by atoms with Crippen molar-refractivity contribution in [3.63, 3.8) is 0 Å². The van der Waals surface area contributed by atoms with Crippen molar-refractivity contribution < 1.29 is 14.3 Å². The second-order valence-electron chi connectivity index (χ2n) is 7.60. The van der Waals surface area contributed by atoms with Crippen molar-refractivity contribution in [2.24, 2.45) is 0 Å². The molecule has 164 valence electrons. The molecule has 8 nitrogen and oxygen atoms in total. The highest BCUT2D eigenvalue weighted by molar-refractivity contribution is 6.07. The molecule has 0 aliphatic rings. The SMILES string of the molecule is Cc1cccn2cc(COc3ccccc3C(=O)NNC(=O)c3c[nH]c4ccccc34)nc12. The summed E-state index contributed by atoms with van der Waals surface area (Å²) in [4.78, 5) is 33.0. The summed E-state index contributed by atoms with van der Waals surface area (Å²) < 4.78 is 7.83. The minimum absolute atomic E-state index is 0.201. The standard InChI is InChI=1S/C25H21N5O3/c1-16-7-6-12-30-14-17(27-23(16)30)15-33-22-11-5-3-9-19(22)24(31)28-29-25(32)20-13-26-21-10-4-2-8-18(20)21/h2-14,26H,15H2,1H3,(H,28,31)(H,29,32). The van der Waals surface area contributed by atoms with E-state index in [4.69, 9.17) is 4.74 Å². The van der Waals surface area contributed by atoms with Gasteiger partial charge in [-0.15, -0.1) is 0 Å². The van der Waals surface area contributed by atoms with Crippen LogP contribution in [0.5, 0.6) is 5.75 Å². The Bertz CT molecular complexity index is 1480. The number of carbonyl (C=O) groups excluding carboxylic acids is 2. The lowest BCUT2D eigenvalue weighted by Crippen LogP contribution is -2.41. The number of imidazole rings is 1. The molecule has 0 saturated heterocycles. The molecule has 33 heavy (non-hydrogen) atoms. The molecule has 0 aliphatic carbocycles. The molecule has 0 radical (unpaired) electrons. The van der Waals surface area contributed by atoms with E-state index >= 15 is 0 Å². The van der Waals surface area contributed by atoms with Crippen molar-refractivity contribution in [3.8, 4) is 5.75 Å². The van der Waals surface area contributed by atoms with E-state index in [0.717, 1.165) is 27.8 Å². The highest BCUT2D eigenvalue weighted by atomic mass is 16.5. The van der Waals surface area contributed by atoms with Gasteiger partial charge in [0.1, 0.15) is 18.0 Å². The third kappa shape index (κ3) is 4.01. The topological polar surface area (TPSA) is 101 Å². The number of nitrogens with one attached hydrogen (secondary N) is 3. The number of amides is 2. The molecular weight excluding hydrogens is 418 g/mol. The molecule has 2 aromatic carbocycles. The van der Waals surface area contributed by atoms with Gasteiger partial charge in [-0.05, 0) is 36.8 Å². The summed E-state index contributed by atoms with van der Waals surface area (Å²) >= 11 is 0. The maximum absolute atomic E-state index is 12.8. The Morgan fingerprint density at radius 3 is 2.58 bits per heavy atom. The van der Waals surface area contributed by atoms with Crippen LogP contribution in [0.3, 0.4) is 0 Å². The number of fused-ring (bicyclic) bond motifs is 2. The van der Waals surface area contributed by atoms with Crippen LogP contribution in [0.2, 0.25) is 0 Å². The molecule has 0 bridgehead atoms. The second kappa shape index (κ2) is 8.51.